The summed E-state index contributed by atoms with van der Waals surface area (Å²) in [5.41, 5.74) is 0.475. The Hall–Kier alpha value is -1.37. The molecule has 1 aromatic carbocycles. The van der Waals surface area contributed by atoms with Gasteiger partial charge in [0.05, 0.1) is 6.07 Å². The molecule has 1 saturated heterocycles. The highest BCUT2D eigenvalue weighted by Gasteiger charge is 2.33. The van der Waals surface area contributed by atoms with Crippen LogP contribution in [0, 0.1) is 11.3 Å². The number of likely N-dealkylation sites (N-methyl/N-ethyl adjacent to an activating group) is 1. The second kappa shape index (κ2) is 5.31. The van der Waals surface area contributed by atoms with E-state index >= 15 is 0 Å². The van der Waals surface area contributed by atoms with Gasteiger partial charge in [0.15, 0.2) is 0 Å². The van der Waals surface area contributed by atoms with Gasteiger partial charge in [-0.1, -0.05) is 30.3 Å². The second-order valence-corrected chi connectivity index (χ2v) is 4.62. The normalized spacial score (nSPS) is 19.8. The summed E-state index contributed by atoms with van der Waals surface area (Å²) in [6.45, 7) is 2.99. The van der Waals surface area contributed by atoms with Gasteiger partial charge in [0.1, 0.15) is 5.54 Å². The summed E-state index contributed by atoms with van der Waals surface area (Å²) in [6.07, 6.45) is 2.50. The minimum Gasteiger partial charge on any atom is -0.300 e. The van der Waals surface area contributed by atoms with E-state index in [4.69, 9.17) is 0 Å². The van der Waals surface area contributed by atoms with E-state index in [0.29, 0.717) is 0 Å². The summed E-state index contributed by atoms with van der Waals surface area (Å²) < 4.78 is 0. The molecule has 17 heavy (non-hydrogen) atoms. The van der Waals surface area contributed by atoms with E-state index in [1.165, 1.54) is 12.8 Å². The maximum absolute atomic E-state index is 9.55. The van der Waals surface area contributed by atoms with Gasteiger partial charge in [-0.2, -0.15) is 5.26 Å². The van der Waals surface area contributed by atoms with Gasteiger partial charge in [0.2, 0.25) is 0 Å². The van der Waals surface area contributed by atoms with Crippen molar-refractivity contribution in [2.75, 3.05) is 26.7 Å². The maximum Gasteiger partial charge on any atom is 0.144 e. The molecule has 1 aliphatic rings. The lowest BCUT2D eigenvalue weighted by atomic mass is 9.91. The van der Waals surface area contributed by atoms with Gasteiger partial charge >= 0.3 is 0 Å². The first kappa shape index (κ1) is 12.1. The van der Waals surface area contributed by atoms with E-state index in [1.807, 2.05) is 37.4 Å². The van der Waals surface area contributed by atoms with Crippen LogP contribution in [0.15, 0.2) is 30.3 Å². The molecule has 0 saturated carbocycles. The number of benzene rings is 1. The molecule has 90 valence electrons. The maximum atomic E-state index is 9.55. The van der Waals surface area contributed by atoms with Gasteiger partial charge in [-0.15, -0.1) is 0 Å². The molecular formula is C14H19N3. The molecule has 1 aromatic rings. The summed E-state index contributed by atoms with van der Waals surface area (Å²) in [5, 5.41) is 12.8. The van der Waals surface area contributed by atoms with Crippen molar-refractivity contribution in [3.05, 3.63) is 35.9 Å². The molecule has 1 atom stereocenters. The van der Waals surface area contributed by atoms with Crippen molar-refractivity contribution in [1.29, 1.82) is 5.26 Å². The van der Waals surface area contributed by atoms with E-state index in [-0.39, 0.29) is 0 Å². The fourth-order valence-corrected chi connectivity index (χ4v) is 2.47. The summed E-state index contributed by atoms with van der Waals surface area (Å²) in [5.74, 6) is 0. The molecule has 3 heteroatoms. The van der Waals surface area contributed by atoms with Crippen LogP contribution in [0.4, 0.5) is 0 Å². The highest BCUT2D eigenvalue weighted by Crippen LogP contribution is 2.23. The molecule has 1 N–H and O–H groups in total. The highest BCUT2D eigenvalue weighted by atomic mass is 15.2. The van der Waals surface area contributed by atoms with Crippen molar-refractivity contribution < 1.29 is 0 Å². The third-order valence-corrected chi connectivity index (χ3v) is 3.54. The van der Waals surface area contributed by atoms with Gasteiger partial charge < -0.3 is 4.90 Å². The number of hydrogen-bond acceptors (Lipinski definition) is 3. The third-order valence-electron chi connectivity index (χ3n) is 3.54. The zero-order valence-corrected chi connectivity index (χ0v) is 10.3. The Morgan fingerprint density at radius 1 is 1.29 bits per heavy atom. The van der Waals surface area contributed by atoms with Gasteiger partial charge in [0.25, 0.3) is 0 Å². The van der Waals surface area contributed by atoms with Crippen molar-refractivity contribution in [2.24, 2.45) is 0 Å². The molecule has 0 bridgehead atoms. The lowest BCUT2D eigenvalue weighted by molar-refractivity contribution is 0.259. The number of likely N-dealkylation sites (tertiary alicyclic amines) is 1. The van der Waals surface area contributed by atoms with Crippen LogP contribution in [-0.4, -0.2) is 31.6 Å². The minimum atomic E-state index is -0.578. The first-order valence-corrected chi connectivity index (χ1v) is 6.19. The molecular weight excluding hydrogens is 210 g/mol. The van der Waals surface area contributed by atoms with Crippen LogP contribution in [0.3, 0.4) is 0 Å². The van der Waals surface area contributed by atoms with Crippen LogP contribution >= 0.6 is 0 Å². The summed E-state index contributed by atoms with van der Waals surface area (Å²) in [7, 11) is 1.87. The molecule has 3 nitrogen and oxygen atoms in total. The Morgan fingerprint density at radius 2 is 1.94 bits per heavy atom. The first-order chi connectivity index (χ1) is 8.30. The van der Waals surface area contributed by atoms with Crippen LogP contribution in [0.1, 0.15) is 18.4 Å². The molecule has 0 radical (unpaired) electrons. The Morgan fingerprint density at radius 3 is 2.47 bits per heavy atom. The Balaban J connectivity index is 2.23. The minimum absolute atomic E-state index is 0.578. The summed E-state index contributed by atoms with van der Waals surface area (Å²) in [4.78, 5) is 2.37. The van der Waals surface area contributed by atoms with Gasteiger partial charge in [-0.3, -0.25) is 5.32 Å². The van der Waals surface area contributed by atoms with Crippen LogP contribution in [0.2, 0.25) is 0 Å². The van der Waals surface area contributed by atoms with E-state index in [9.17, 15) is 5.26 Å². The topological polar surface area (TPSA) is 39.1 Å². The molecule has 0 aliphatic carbocycles. The highest BCUT2D eigenvalue weighted by molar-refractivity contribution is 5.32. The Kier molecular flexibility index (Phi) is 3.78. The number of hydrogen-bond donors (Lipinski definition) is 1. The van der Waals surface area contributed by atoms with Gasteiger partial charge in [0, 0.05) is 6.54 Å². The fraction of sp³-hybridized carbons (Fsp3) is 0.500. The van der Waals surface area contributed by atoms with Crippen LogP contribution < -0.4 is 5.32 Å². The quantitative estimate of drug-likeness (QED) is 0.854. The molecule has 0 amide bonds. The van der Waals surface area contributed by atoms with Gasteiger partial charge in [-0.05, 0) is 38.5 Å². The zero-order chi connectivity index (χ0) is 12.1. The number of rotatable bonds is 4. The van der Waals surface area contributed by atoms with E-state index in [0.717, 1.165) is 25.2 Å². The number of nitriles is 1. The van der Waals surface area contributed by atoms with Crippen molar-refractivity contribution in [3.63, 3.8) is 0 Å². The van der Waals surface area contributed by atoms with Crippen molar-refractivity contribution in [2.45, 2.75) is 18.4 Å². The Bertz CT molecular complexity index is 390. The fourth-order valence-electron chi connectivity index (χ4n) is 2.47. The van der Waals surface area contributed by atoms with E-state index in [2.05, 4.69) is 16.3 Å². The Labute approximate surface area is 103 Å². The lowest BCUT2D eigenvalue weighted by Crippen LogP contribution is -2.48. The SMILES string of the molecule is CNC(C#N)(CN1CCCC1)c1ccccc1. The number of nitrogens with one attached hydrogen (secondary N) is 1. The molecule has 0 spiro atoms. The molecule has 1 heterocycles. The largest absolute Gasteiger partial charge is 0.300 e. The molecule has 1 fully saturated rings. The number of nitrogens with zero attached hydrogens (tertiary/aromatic N) is 2. The van der Waals surface area contributed by atoms with E-state index in [1.54, 1.807) is 0 Å². The molecule has 1 unspecified atom stereocenters. The molecule has 2 rings (SSSR count). The summed E-state index contributed by atoms with van der Waals surface area (Å²) >= 11 is 0. The van der Waals surface area contributed by atoms with Crippen molar-refractivity contribution in [1.82, 2.24) is 10.2 Å². The smallest absolute Gasteiger partial charge is 0.144 e. The molecule has 0 aromatic heterocycles. The van der Waals surface area contributed by atoms with Gasteiger partial charge in [-0.25, -0.2) is 0 Å². The van der Waals surface area contributed by atoms with E-state index < -0.39 is 5.54 Å². The lowest BCUT2D eigenvalue weighted by Gasteiger charge is -2.31. The third kappa shape index (κ3) is 2.49. The van der Waals surface area contributed by atoms with Crippen LogP contribution in [0.25, 0.3) is 0 Å². The summed E-state index contributed by atoms with van der Waals surface area (Å²) in [6, 6.07) is 12.5. The van der Waals surface area contributed by atoms with Crippen molar-refractivity contribution >= 4 is 0 Å². The van der Waals surface area contributed by atoms with Crippen molar-refractivity contribution in [3.8, 4) is 6.07 Å². The standard InChI is InChI=1S/C14H19N3/c1-16-14(11-15,12-17-9-5-6-10-17)13-7-3-2-4-8-13/h2-4,7-8,16H,5-6,9-10,12H2,1H3. The average molecular weight is 229 g/mol. The van der Waals surface area contributed by atoms with Crippen LogP contribution in [0.5, 0.6) is 0 Å². The monoisotopic (exact) mass is 229 g/mol. The zero-order valence-electron chi connectivity index (χ0n) is 10.3. The molecule has 1 aliphatic heterocycles. The second-order valence-electron chi connectivity index (χ2n) is 4.62. The predicted molar refractivity (Wildman–Crippen MR) is 68.5 cm³/mol. The first-order valence-electron chi connectivity index (χ1n) is 6.19. The average Bonchev–Trinajstić information content (AvgIpc) is 2.90. The predicted octanol–water partition coefficient (Wildman–Crippen LogP) is 1.72. The van der Waals surface area contributed by atoms with Crippen LogP contribution in [-0.2, 0) is 5.54 Å².